The fraction of sp³-hybridized carbons (Fsp3) is 0.143. The number of fused-ring (bicyclic) bond motifs is 9. The molecule has 2 aliphatic heterocycles. The molecule has 0 spiro atoms. The number of allylic oxidation sites excluding steroid dienone is 1. The van der Waals surface area contributed by atoms with Crippen molar-refractivity contribution in [3.05, 3.63) is 138 Å². The number of rotatable bonds is 1. The molecule has 6 heteroatoms. The number of hydrogen-bond donors (Lipinski definition) is 0. The third-order valence-corrected chi connectivity index (χ3v) is 8.56. The second kappa shape index (κ2) is 9.51. The highest BCUT2D eigenvalue weighted by molar-refractivity contribution is 5.72. The van der Waals surface area contributed by atoms with Crippen molar-refractivity contribution in [2.24, 2.45) is 0 Å². The maximum atomic E-state index is 15.7. The summed E-state index contributed by atoms with van der Waals surface area (Å²) in [5.41, 5.74) is 6.08. The smallest absolute Gasteiger partial charge is 0.203 e. The number of pyridine rings is 2. The van der Waals surface area contributed by atoms with Crippen molar-refractivity contribution in [1.29, 1.82) is 0 Å². The van der Waals surface area contributed by atoms with Crippen molar-refractivity contribution in [2.45, 2.75) is 31.7 Å². The van der Waals surface area contributed by atoms with E-state index in [4.69, 9.17) is 0 Å². The molecule has 0 fully saturated rings. The number of hydrogen-bond acceptors (Lipinski definition) is 0. The molecule has 41 heavy (non-hydrogen) atoms. The van der Waals surface area contributed by atoms with E-state index in [-0.39, 0.29) is 35.2 Å². The molecule has 4 heterocycles. The summed E-state index contributed by atoms with van der Waals surface area (Å²) >= 11 is 0. The van der Waals surface area contributed by atoms with Crippen molar-refractivity contribution in [3.8, 4) is 33.6 Å². The van der Waals surface area contributed by atoms with E-state index in [9.17, 15) is 8.78 Å². The monoisotopic (exact) mass is 550 g/mol. The number of aryl methyl sites for hydroxylation is 1. The van der Waals surface area contributed by atoms with E-state index in [1.807, 2.05) is 92.1 Å². The molecule has 2 atom stereocenters. The molecule has 0 aliphatic carbocycles. The van der Waals surface area contributed by atoms with Crippen LogP contribution >= 0.6 is 0 Å². The highest BCUT2D eigenvalue weighted by Gasteiger charge is 2.47. The Bertz CT molecular complexity index is 1880. The predicted octanol–water partition coefficient (Wildman–Crippen LogP) is 7.88. The summed E-state index contributed by atoms with van der Waals surface area (Å²) in [6, 6.07) is 25.1. The summed E-state index contributed by atoms with van der Waals surface area (Å²) in [6.07, 6.45) is 4.23. The van der Waals surface area contributed by atoms with Gasteiger partial charge in [0.15, 0.2) is 35.7 Å². The normalized spacial score (nSPS) is 17.2. The summed E-state index contributed by atoms with van der Waals surface area (Å²) < 4.78 is 64.7. The molecule has 3 aromatic carbocycles. The SMILES string of the molecule is C=C1C2C(CCc3c(F)c(F)c(F)c(F)c3-c3cc(C)c(-c4ccccc4)c[n+]31)c1ccccc1-c1cccc[n+]12. The van der Waals surface area contributed by atoms with Crippen LogP contribution in [0.2, 0.25) is 0 Å². The highest BCUT2D eigenvalue weighted by Crippen LogP contribution is 2.46. The molecule has 2 aromatic heterocycles. The van der Waals surface area contributed by atoms with Gasteiger partial charge in [-0.05, 0) is 55.2 Å². The Balaban J connectivity index is 1.58. The van der Waals surface area contributed by atoms with Gasteiger partial charge in [0.1, 0.15) is 0 Å². The van der Waals surface area contributed by atoms with Crippen LogP contribution in [0.3, 0.4) is 0 Å². The van der Waals surface area contributed by atoms with Gasteiger partial charge in [0.2, 0.25) is 23.1 Å². The van der Waals surface area contributed by atoms with Gasteiger partial charge >= 0.3 is 0 Å². The first-order chi connectivity index (χ1) is 19.9. The zero-order chi connectivity index (χ0) is 28.4. The molecule has 7 rings (SSSR count). The molecule has 2 nitrogen and oxygen atoms in total. The van der Waals surface area contributed by atoms with Crippen LogP contribution in [0, 0.1) is 30.2 Å². The number of aromatic nitrogens is 2. The van der Waals surface area contributed by atoms with E-state index < -0.39 is 23.3 Å². The van der Waals surface area contributed by atoms with Crippen molar-refractivity contribution < 1.29 is 26.7 Å². The lowest BCUT2D eigenvalue weighted by atomic mass is 9.78. The molecule has 2 aliphatic rings. The lowest BCUT2D eigenvalue weighted by Gasteiger charge is -2.29. The minimum Gasteiger partial charge on any atom is -0.203 e. The zero-order valence-electron chi connectivity index (χ0n) is 22.3. The van der Waals surface area contributed by atoms with E-state index in [1.165, 1.54) is 0 Å². The van der Waals surface area contributed by atoms with Crippen LogP contribution in [-0.4, -0.2) is 0 Å². The van der Waals surface area contributed by atoms with Crippen LogP contribution in [0.5, 0.6) is 0 Å². The van der Waals surface area contributed by atoms with E-state index in [2.05, 4.69) is 11.1 Å². The Morgan fingerprint density at radius 2 is 1.46 bits per heavy atom. The van der Waals surface area contributed by atoms with Crippen LogP contribution in [-0.2, 0) is 6.42 Å². The molecular formula is C35H26F4N2+2. The standard InChI is InChI=1S/C35H26F4N2/c1-20-18-29-30-26(31(36)33(38)34(39)32(30)37)16-15-25-23-12-6-7-13-24(23)28-14-8-9-17-40(28)35(25)21(2)41(29)19-27(20)22-10-4-3-5-11-22/h3-14,17-19,25,35H,2,15-16H2,1H3/q+2. The summed E-state index contributed by atoms with van der Waals surface area (Å²) in [6.45, 7) is 6.41. The average molecular weight is 551 g/mol. The summed E-state index contributed by atoms with van der Waals surface area (Å²) in [5, 5.41) is 0. The number of nitrogens with zero attached hydrogens (tertiary/aromatic N) is 2. The van der Waals surface area contributed by atoms with Gasteiger partial charge in [-0.3, -0.25) is 0 Å². The second-order valence-electron chi connectivity index (χ2n) is 10.8. The van der Waals surface area contributed by atoms with Crippen LogP contribution in [0.4, 0.5) is 17.6 Å². The van der Waals surface area contributed by atoms with Gasteiger partial charge in [0, 0.05) is 34.9 Å². The van der Waals surface area contributed by atoms with Crippen LogP contribution < -0.4 is 9.13 Å². The lowest BCUT2D eigenvalue weighted by molar-refractivity contribution is -0.727. The van der Waals surface area contributed by atoms with Gasteiger partial charge < -0.3 is 0 Å². The first-order valence-corrected chi connectivity index (χ1v) is 13.6. The quantitative estimate of drug-likeness (QED) is 0.0868. The van der Waals surface area contributed by atoms with Crippen molar-refractivity contribution in [1.82, 2.24) is 0 Å². The van der Waals surface area contributed by atoms with Gasteiger partial charge in [-0.15, -0.1) is 0 Å². The summed E-state index contributed by atoms with van der Waals surface area (Å²) in [5.74, 6) is -6.54. The molecule has 0 saturated heterocycles. The third kappa shape index (κ3) is 3.77. The van der Waals surface area contributed by atoms with Crippen LogP contribution in [0.15, 0.2) is 97.8 Å². The molecule has 0 radical (unpaired) electrons. The molecule has 0 bridgehead atoms. The van der Waals surface area contributed by atoms with E-state index in [1.54, 1.807) is 10.6 Å². The van der Waals surface area contributed by atoms with Gasteiger partial charge in [0.25, 0.3) is 0 Å². The fourth-order valence-electron chi connectivity index (χ4n) is 6.67. The summed E-state index contributed by atoms with van der Waals surface area (Å²) in [7, 11) is 0. The number of halogens is 4. The first-order valence-electron chi connectivity index (χ1n) is 13.6. The van der Waals surface area contributed by atoms with Gasteiger partial charge in [0.05, 0.1) is 11.5 Å². The van der Waals surface area contributed by atoms with Crippen molar-refractivity contribution in [2.75, 3.05) is 0 Å². The zero-order valence-corrected chi connectivity index (χ0v) is 22.3. The minimum absolute atomic E-state index is 0.0142. The molecule has 0 N–H and O–H groups in total. The van der Waals surface area contributed by atoms with E-state index in [0.29, 0.717) is 12.1 Å². The van der Waals surface area contributed by atoms with Gasteiger partial charge in [-0.25, -0.2) is 17.6 Å². The topological polar surface area (TPSA) is 7.76 Å². The second-order valence-corrected chi connectivity index (χ2v) is 10.8. The predicted molar refractivity (Wildman–Crippen MR) is 150 cm³/mol. The summed E-state index contributed by atoms with van der Waals surface area (Å²) in [4.78, 5) is 0. The highest BCUT2D eigenvalue weighted by atomic mass is 19.2. The maximum absolute atomic E-state index is 15.7. The van der Waals surface area contributed by atoms with Crippen molar-refractivity contribution in [3.63, 3.8) is 0 Å². The molecule has 2 unspecified atom stereocenters. The van der Waals surface area contributed by atoms with Gasteiger partial charge in [-0.2, -0.15) is 9.13 Å². The first kappa shape index (κ1) is 25.4. The van der Waals surface area contributed by atoms with Crippen LogP contribution in [0.25, 0.3) is 39.3 Å². The molecular weight excluding hydrogens is 524 g/mol. The third-order valence-electron chi connectivity index (χ3n) is 8.56. The molecule has 0 amide bonds. The van der Waals surface area contributed by atoms with Gasteiger partial charge in [-0.1, -0.05) is 48.5 Å². The number of benzene rings is 3. The Hall–Kier alpha value is -4.58. The Morgan fingerprint density at radius 1 is 0.756 bits per heavy atom. The average Bonchev–Trinajstić information content (AvgIpc) is 3.05. The fourth-order valence-corrected chi connectivity index (χ4v) is 6.67. The van der Waals surface area contributed by atoms with Crippen LogP contribution in [0.1, 0.15) is 35.1 Å². The molecule has 202 valence electrons. The Labute approximate surface area is 235 Å². The van der Waals surface area contributed by atoms with E-state index >= 15 is 8.78 Å². The Kier molecular flexibility index (Phi) is 5.89. The maximum Gasteiger partial charge on any atom is 0.249 e. The largest absolute Gasteiger partial charge is 0.249 e. The lowest BCUT2D eigenvalue weighted by Crippen LogP contribution is -2.53. The van der Waals surface area contributed by atoms with E-state index in [0.717, 1.165) is 33.5 Å². The Morgan fingerprint density at radius 3 is 2.27 bits per heavy atom. The molecule has 0 saturated carbocycles. The van der Waals surface area contributed by atoms with Crippen molar-refractivity contribution >= 4 is 5.70 Å². The minimum atomic E-state index is -1.81. The molecule has 5 aromatic rings.